The number of allylic oxidation sites excluding steroid dienone is 1. The van der Waals surface area contributed by atoms with Crippen molar-refractivity contribution in [3.05, 3.63) is 64.3 Å². The number of anilines is 2. The SMILES string of the molecule is C/C(N)=C1\c2ccc(CCN3CCOCC3)cc2N(c2ccc(Cl)cc2)CCN1N. The van der Waals surface area contributed by atoms with Gasteiger partial charge in [-0.15, -0.1) is 0 Å². The molecule has 4 N–H and O–H groups in total. The first-order valence-electron chi connectivity index (χ1n) is 10.5. The van der Waals surface area contributed by atoms with Crippen LogP contribution in [-0.4, -0.2) is 55.8 Å². The van der Waals surface area contributed by atoms with E-state index < -0.39 is 0 Å². The molecule has 0 aliphatic carbocycles. The van der Waals surface area contributed by atoms with E-state index in [1.165, 1.54) is 5.56 Å². The van der Waals surface area contributed by atoms with E-state index in [1.807, 2.05) is 19.1 Å². The van der Waals surface area contributed by atoms with Crippen LogP contribution in [0.5, 0.6) is 0 Å². The Hall–Kier alpha value is -2.25. The van der Waals surface area contributed by atoms with Gasteiger partial charge >= 0.3 is 0 Å². The average molecular weight is 428 g/mol. The van der Waals surface area contributed by atoms with Gasteiger partial charge in [-0.25, -0.2) is 5.84 Å². The van der Waals surface area contributed by atoms with Crippen molar-refractivity contribution in [1.82, 2.24) is 9.91 Å². The molecule has 0 aromatic heterocycles. The van der Waals surface area contributed by atoms with Crippen molar-refractivity contribution in [2.24, 2.45) is 11.6 Å². The van der Waals surface area contributed by atoms with E-state index in [0.717, 1.165) is 79.2 Å². The van der Waals surface area contributed by atoms with Crippen LogP contribution in [0.4, 0.5) is 11.4 Å². The molecule has 7 heteroatoms. The normalized spacial score (nSPS) is 19.4. The summed E-state index contributed by atoms with van der Waals surface area (Å²) < 4.78 is 5.46. The summed E-state index contributed by atoms with van der Waals surface area (Å²) in [5, 5.41) is 2.49. The van der Waals surface area contributed by atoms with Gasteiger partial charge < -0.3 is 20.4 Å². The van der Waals surface area contributed by atoms with Crippen molar-refractivity contribution >= 4 is 28.7 Å². The van der Waals surface area contributed by atoms with Crippen molar-refractivity contribution in [2.75, 3.05) is 50.8 Å². The highest BCUT2D eigenvalue weighted by molar-refractivity contribution is 6.30. The monoisotopic (exact) mass is 427 g/mol. The smallest absolute Gasteiger partial charge is 0.0795 e. The van der Waals surface area contributed by atoms with Crippen molar-refractivity contribution in [3.8, 4) is 0 Å². The Morgan fingerprint density at radius 1 is 1.03 bits per heavy atom. The molecule has 1 fully saturated rings. The summed E-state index contributed by atoms with van der Waals surface area (Å²) in [7, 11) is 0. The number of fused-ring (bicyclic) bond motifs is 1. The molecule has 160 valence electrons. The third-order valence-corrected chi connectivity index (χ3v) is 6.04. The highest BCUT2D eigenvalue weighted by atomic mass is 35.5. The molecule has 2 aliphatic rings. The van der Waals surface area contributed by atoms with Crippen LogP contribution in [0.3, 0.4) is 0 Å². The van der Waals surface area contributed by atoms with Gasteiger partial charge in [-0.3, -0.25) is 4.90 Å². The Kier molecular flexibility index (Phi) is 6.49. The molecule has 2 heterocycles. The summed E-state index contributed by atoms with van der Waals surface area (Å²) in [5.74, 6) is 6.38. The number of rotatable bonds is 4. The standard InChI is InChI=1S/C23H30ClN5O/c1-17(25)23-21-7-2-18(8-9-27-12-14-30-15-13-27)16-22(21)28(10-11-29(23)26)20-5-3-19(24)4-6-20/h2-7,16H,8-15,25-26H2,1H3/b23-17-. The van der Waals surface area contributed by atoms with Crippen molar-refractivity contribution in [3.63, 3.8) is 0 Å². The van der Waals surface area contributed by atoms with E-state index in [1.54, 1.807) is 5.01 Å². The minimum atomic E-state index is 0.671. The average Bonchev–Trinajstić information content (AvgIpc) is 2.89. The van der Waals surface area contributed by atoms with Crippen LogP contribution in [-0.2, 0) is 11.2 Å². The molecule has 0 radical (unpaired) electrons. The van der Waals surface area contributed by atoms with E-state index >= 15 is 0 Å². The van der Waals surface area contributed by atoms with Gasteiger partial charge in [0.05, 0.1) is 31.1 Å². The number of halogens is 1. The lowest BCUT2D eigenvalue weighted by atomic mass is 10.0. The summed E-state index contributed by atoms with van der Waals surface area (Å²) in [4.78, 5) is 4.77. The number of nitrogens with two attached hydrogens (primary N) is 2. The van der Waals surface area contributed by atoms with Crippen molar-refractivity contribution < 1.29 is 4.74 Å². The molecule has 0 amide bonds. The van der Waals surface area contributed by atoms with Crippen LogP contribution >= 0.6 is 11.6 Å². The second kappa shape index (κ2) is 9.27. The fourth-order valence-electron chi connectivity index (χ4n) is 4.19. The quantitative estimate of drug-likeness (QED) is 0.730. The van der Waals surface area contributed by atoms with E-state index in [2.05, 4.69) is 40.1 Å². The first-order chi connectivity index (χ1) is 14.5. The van der Waals surface area contributed by atoms with Crippen LogP contribution in [0.2, 0.25) is 5.02 Å². The predicted molar refractivity (Wildman–Crippen MR) is 124 cm³/mol. The van der Waals surface area contributed by atoms with Gasteiger partial charge in [-0.1, -0.05) is 23.7 Å². The topological polar surface area (TPSA) is 71.0 Å². The molecule has 2 aromatic rings. The molecule has 0 spiro atoms. The minimum Gasteiger partial charge on any atom is -0.401 e. The first-order valence-corrected chi connectivity index (χ1v) is 10.9. The molecular formula is C23H30ClN5O. The van der Waals surface area contributed by atoms with Gasteiger partial charge in [0.15, 0.2) is 0 Å². The molecule has 4 rings (SSSR count). The van der Waals surface area contributed by atoms with Gasteiger partial charge in [-0.2, -0.15) is 0 Å². The zero-order valence-electron chi connectivity index (χ0n) is 17.5. The van der Waals surface area contributed by atoms with Gasteiger partial charge in [0.2, 0.25) is 0 Å². The molecule has 2 aliphatic heterocycles. The number of hydrogen-bond acceptors (Lipinski definition) is 6. The maximum atomic E-state index is 6.38. The molecule has 0 bridgehead atoms. The van der Waals surface area contributed by atoms with E-state index in [-0.39, 0.29) is 0 Å². The maximum Gasteiger partial charge on any atom is 0.0795 e. The molecular weight excluding hydrogens is 398 g/mol. The largest absolute Gasteiger partial charge is 0.401 e. The molecule has 30 heavy (non-hydrogen) atoms. The van der Waals surface area contributed by atoms with Crippen LogP contribution < -0.4 is 16.5 Å². The zero-order chi connectivity index (χ0) is 21.1. The lowest BCUT2D eigenvalue weighted by Gasteiger charge is -2.27. The lowest BCUT2D eigenvalue weighted by molar-refractivity contribution is 0.0384. The molecule has 6 nitrogen and oxygen atoms in total. The highest BCUT2D eigenvalue weighted by Crippen LogP contribution is 2.37. The Morgan fingerprint density at radius 2 is 1.77 bits per heavy atom. The summed E-state index contributed by atoms with van der Waals surface area (Å²) in [5.41, 5.74) is 12.4. The fourth-order valence-corrected chi connectivity index (χ4v) is 4.32. The molecule has 0 saturated carbocycles. The van der Waals surface area contributed by atoms with E-state index in [4.69, 9.17) is 27.9 Å². The predicted octanol–water partition coefficient (Wildman–Crippen LogP) is 3.19. The van der Waals surface area contributed by atoms with Crippen molar-refractivity contribution in [1.29, 1.82) is 0 Å². The molecule has 2 aromatic carbocycles. The summed E-state index contributed by atoms with van der Waals surface area (Å²) >= 11 is 6.13. The molecule has 0 atom stereocenters. The Labute approximate surface area is 183 Å². The summed E-state index contributed by atoms with van der Waals surface area (Å²) in [6.07, 6.45) is 0.995. The maximum absolute atomic E-state index is 6.38. The second-order valence-electron chi connectivity index (χ2n) is 7.91. The van der Waals surface area contributed by atoms with E-state index in [9.17, 15) is 0 Å². The van der Waals surface area contributed by atoms with E-state index in [0.29, 0.717) is 6.54 Å². The minimum absolute atomic E-state index is 0.671. The Balaban J connectivity index is 1.69. The highest BCUT2D eigenvalue weighted by Gasteiger charge is 2.25. The Bertz CT molecular complexity index is 904. The van der Waals surface area contributed by atoms with Crippen LogP contribution in [0.1, 0.15) is 18.1 Å². The number of hydrogen-bond donors (Lipinski definition) is 2. The van der Waals surface area contributed by atoms with Gasteiger partial charge in [-0.05, 0) is 49.2 Å². The number of benzene rings is 2. The van der Waals surface area contributed by atoms with Crippen molar-refractivity contribution in [2.45, 2.75) is 13.3 Å². The second-order valence-corrected chi connectivity index (χ2v) is 8.35. The number of hydrazine groups is 1. The molecule has 0 unspecified atom stereocenters. The number of ether oxygens (including phenoxy) is 1. The van der Waals surface area contributed by atoms with Gasteiger partial charge in [0.1, 0.15) is 0 Å². The van der Waals surface area contributed by atoms with Crippen LogP contribution in [0.25, 0.3) is 5.70 Å². The van der Waals surface area contributed by atoms with Crippen LogP contribution in [0.15, 0.2) is 48.2 Å². The summed E-state index contributed by atoms with van der Waals surface area (Å²) in [6, 6.07) is 14.6. The van der Waals surface area contributed by atoms with Crippen LogP contribution in [0, 0.1) is 0 Å². The third-order valence-electron chi connectivity index (χ3n) is 5.79. The zero-order valence-corrected chi connectivity index (χ0v) is 18.2. The fraction of sp³-hybridized carbons (Fsp3) is 0.391. The number of morpholine rings is 1. The first kappa shape index (κ1) is 21.0. The number of nitrogens with zero attached hydrogens (tertiary/aromatic N) is 3. The molecule has 1 saturated heterocycles. The third kappa shape index (κ3) is 4.57. The summed E-state index contributed by atoms with van der Waals surface area (Å²) in [6.45, 7) is 8.02. The van der Waals surface area contributed by atoms with Gasteiger partial charge in [0, 0.05) is 48.1 Å². The Morgan fingerprint density at radius 3 is 2.47 bits per heavy atom. The lowest BCUT2D eigenvalue weighted by Crippen LogP contribution is -2.37. The van der Waals surface area contributed by atoms with Gasteiger partial charge in [0.25, 0.3) is 0 Å².